The van der Waals surface area contributed by atoms with Crippen LogP contribution in [0.25, 0.3) is 0 Å². The molecule has 0 saturated carbocycles. The number of esters is 1. The molecule has 1 fully saturated rings. The average Bonchev–Trinajstić information content (AvgIpc) is 2.86. The van der Waals surface area contributed by atoms with Crippen molar-refractivity contribution in [3.05, 3.63) is 10.7 Å². The Morgan fingerprint density at radius 2 is 2.40 bits per heavy atom. The minimum Gasteiger partial charge on any atom is -0.466 e. The molecule has 1 aliphatic heterocycles. The Hall–Kier alpha value is -0.700. The lowest BCUT2D eigenvalue weighted by molar-refractivity contribution is -0.149. The van der Waals surface area contributed by atoms with Crippen LogP contribution in [0.2, 0.25) is 4.47 Å². The standard InChI is InChI=1S/C11H15ClN2O4S2/c1-2-18-10(15)8-4-3-5-14(7-8)20(16,17)9-6-13-11(12)19-9/h6,8H,2-5,7H2,1H3. The van der Waals surface area contributed by atoms with Gasteiger partial charge in [0, 0.05) is 13.1 Å². The van der Waals surface area contributed by atoms with Gasteiger partial charge in [0.2, 0.25) is 0 Å². The van der Waals surface area contributed by atoms with Crippen molar-refractivity contribution in [3.63, 3.8) is 0 Å². The number of carbonyl (C=O) groups is 1. The maximum atomic E-state index is 12.4. The molecule has 1 saturated heterocycles. The van der Waals surface area contributed by atoms with Gasteiger partial charge in [0.25, 0.3) is 10.0 Å². The van der Waals surface area contributed by atoms with Crippen LogP contribution in [0.3, 0.4) is 0 Å². The molecule has 0 radical (unpaired) electrons. The van der Waals surface area contributed by atoms with Crippen LogP contribution in [0.5, 0.6) is 0 Å². The summed E-state index contributed by atoms with van der Waals surface area (Å²) < 4.78 is 31.4. The number of carbonyl (C=O) groups excluding carboxylic acids is 1. The third-order valence-corrected chi connectivity index (χ3v) is 6.47. The van der Waals surface area contributed by atoms with E-state index in [2.05, 4.69) is 4.98 Å². The van der Waals surface area contributed by atoms with Gasteiger partial charge >= 0.3 is 5.97 Å². The van der Waals surface area contributed by atoms with Gasteiger partial charge in [0.15, 0.2) is 8.68 Å². The minimum atomic E-state index is -3.63. The highest BCUT2D eigenvalue weighted by Crippen LogP contribution is 2.29. The second-order valence-corrected chi connectivity index (χ2v) is 8.16. The van der Waals surface area contributed by atoms with E-state index in [1.807, 2.05) is 0 Å². The molecule has 1 atom stereocenters. The second kappa shape index (κ2) is 6.38. The zero-order valence-electron chi connectivity index (χ0n) is 10.9. The lowest BCUT2D eigenvalue weighted by Crippen LogP contribution is -2.42. The molecule has 0 aromatic carbocycles. The molecule has 0 spiro atoms. The number of hydrogen-bond acceptors (Lipinski definition) is 6. The van der Waals surface area contributed by atoms with E-state index in [4.69, 9.17) is 16.3 Å². The average molecular weight is 339 g/mol. The van der Waals surface area contributed by atoms with Gasteiger partial charge in [-0.1, -0.05) is 22.9 Å². The fraction of sp³-hybridized carbons (Fsp3) is 0.636. The quantitative estimate of drug-likeness (QED) is 0.782. The molecule has 1 unspecified atom stereocenters. The topological polar surface area (TPSA) is 76.6 Å². The zero-order chi connectivity index (χ0) is 14.8. The Kier molecular flexibility index (Phi) is 5.00. The molecule has 2 heterocycles. The highest BCUT2D eigenvalue weighted by Gasteiger charge is 2.34. The first-order valence-corrected chi connectivity index (χ1v) is 8.86. The van der Waals surface area contributed by atoms with Gasteiger partial charge in [-0.3, -0.25) is 4.79 Å². The van der Waals surface area contributed by atoms with Crippen molar-refractivity contribution in [2.45, 2.75) is 24.0 Å². The van der Waals surface area contributed by atoms with Gasteiger partial charge in [0.1, 0.15) is 0 Å². The molecule has 0 N–H and O–H groups in total. The van der Waals surface area contributed by atoms with Crippen molar-refractivity contribution >= 4 is 38.9 Å². The van der Waals surface area contributed by atoms with E-state index in [9.17, 15) is 13.2 Å². The molecular formula is C11H15ClN2O4S2. The largest absolute Gasteiger partial charge is 0.466 e. The number of ether oxygens (including phenoxy) is 1. The second-order valence-electron chi connectivity index (χ2n) is 4.39. The highest BCUT2D eigenvalue weighted by atomic mass is 35.5. The number of sulfonamides is 1. The van der Waals surface area contributed by atoms with Gasteiger partial charge < -0.3 is 4.74 Å². The van der Waals surface area contributed by atoms with Crippen molar-refractivity contribution in [2.75, 3.05) is 19.7 Å². The van der Waals surface area contributed by atoms with Gasteiger partial charge in [-0.15, -0.1) is 0 Å². The summed E-state index contributed by atoms with van der Waals surface area (Å²) in [6.45, 7) is 2.57. The fourth-order valence-corrected chi connectivity index (χ4v) is 5.07. The predicted molar refractivity (Wildman–Crippen MR) is 75.2 cm³/mol. The summed E-state index contributed by atoms with van der Waals surface area (Å²) in [5, 5.41) is 0. The summed E-state index contributed by atoms with van der Waals surface area (Å²) in [6, 6.07) is 0. The summed E-state index contributed by atoms with van der Waals surface area (Å²) in [5.41, 5.74) is 0. The molecule has 9 heteroatoms. The molecule has 2 rings (SSSR count). The van der Waals surface area contributed by atoms with Crippen molar-refractivity contribution in [2.24, 2.45) is 5.92 Å². The molecular weight excluding hydrogens is 324 g/mol. The van der Waals surface area contributed by atoms with E-state index < -0.39 is 15.9 Å². The van der Waals surface area contributed by atoms with Crippen molar-refractivity contribution < 1.29 is 17.9 Å². The fourth-order valence-electron chi connectivity index (χ4n) is 2.10. The summed E-state index contributed by atoms with van der Waals surface area (Å²) in [5.74, 6) is -0.739. The SMILES string of the molecule is CCOC(=O)C1CCCN(S(=O)(=O)c2cnc(Cl)s2)C1. The lowest BCUT2D eigenvalue weighted by Gasteiger charge is -2.30. The van der Waals surface area contributed by atoms with Gasteiger partial charge in [-0.25, -0.2) is 13.4 Å². The molecule has 6 nitrogen and oxygen atoms in total. The number of rotatable bonds is 4. The Morgan fingerprint density at radius 1 is 1.65 bits per heavy atom. The number of nitrogens with zero attached hydrogens (tertiary/aromatic N) is 2. The summed E-state index contributed by atoms with van der Waals surface area (Å²) >= 11 is 6.59. The molecule has 1 aliphatic rings. The van der Waals surface area contributed by atoms with E-state index in [0.717, 1.165) is 11.3 Å². The number of aromatic nitrogens is 1. The monoisotopic (exact) mass is 338 g/mol. The van der Waals surface area contributed by atoms with Crippen LogP contribution in [0.4, 0.5) is 0 Å². The molecule has 112 valence electrons. The van der Waals surface area contributed by atoms with Gasteiger partial charge in [-0.05, 0) is 19.8 Å². The van der Waals surface area contributed by atoms with Crippen LogP contribution in [0, 0.1) is 5.92 Å². The molecule has 0 aliphatic carbocycles. The molecule has 20 heavy (non-hydrogen) atoms. The van der Waals surface area contributed by atoms with E-state index in [1.54, 1.807) is 6.92 Å². The predicted octanol–water partition coefficient (Wildman–Crippen LogP) is 1.76. The van der Waals surface area contributed by atoms with Gasteiger partial charge in [-0.2, -0.15) is 4.31 Å². The molecule has 1 aromatic rings. The Balaban J connectivity index is 2.14. The van der Waals surface area contributed by atoms with Crippen LogP contribution in [0.1, 0.15) is 19.8 Å². The summed E-state index contributed by atoms with van der Waals surface area (Å²) in [7, 11) is -3.63. The number of piperidine rings is 1. The Morgan fingerprint density at radius 3 is 3.00 bits per heavy atom. The Labute approximate surface area is 126 Å². The summed E-state index contributed by atoms with van der Waals surface area (Å²) in [4.78, 5) is 15.5. The van der Waals surface area contributed by atoms with Crippen molar-refractivity contribution in [1.29, 1.82) is 0 Å². The first-order chi connectivity index (χ1) is 9.45. The minimum absolute atomic E-state index is 0.104. The van der Waals surface area contributed by atoms with Gasteiger partial charge in [0.05, 0.1) is 18.7 Å². The first-order valence-electron chi connectivity index (χ1n) is 6.23. The van der Waals surface area contributed by atoms with Crippen LogP contribution in [0.15, 0.2) is 10.4 Å². The molecule has 0 amide bonds. The molecule has 0 bridgehead atoms. The van der Waals surface area contributed by atoms with E-state index in [-0.39, 0.29) is 21.2 Å². The van der Waals surface area contributed by atoms with Crippen molar-refractivity contribution in [1.82, 2.24) is 9.29 Å². The maximum Gasteiger partial charge on any atom is 0.310 e. The van der Waals surface area contributed by atoms with Crippen LogP contribution in [-0.2, 0) is 19.6 Å². The lowest BCUT2D eigenvalue weighted by atomic mass is 10.0. The maximum absolute atomic E-state index is 12.4. The third-order valence-electron chi connectivity index (χ3n) is 3.05. The highest BCUT2D eigenvalue weighted by molar-refractivity contribution is 7.91. The Bertz CT molecular complexity index is 587. The number of halogens is 1. The van der Waals surface area contributed by atoms with E-state index >= 15 is 0 Å². The van der Waals surface area contributed by atoms with Crippen LogP contribution >= 0.6 is 22.9 Å². The van der Waals surface area contributed by atoms with Crippen LogP contribution in [-0.4, -0.2) is 43.4 Å². The third kappa shape index (κ3) is 3.30. The van der Waals surface area contributed by atoms with Crippen molar-refractivity contribution in [3.8, 4) is 0 Å². The normalized spacial score (nSPS) is 20.8. The van der Waals surface area contributed by atoms with Crippen LogP contribution < -0.4 is 0 Å². The smallest absolute Gasteiger partial charge is 0.310 e. The zero-order valence-corrected chi connectivity index (χ0v) is 13.3. The molecule has 1 aromatic heterocycles. The number of hydrogen-bond donors (Lipinski definition) is 0. The summed E-state index contributed by atoms with van der Waals surface area (Å²) in [6.07, 6.45) is 2.53. The van der Waals surface area contributed by atoms with E-state index in [1.165, 1.54) is 10.5 Å². The number of thiazole rings is 1. The first kappa shape index (κ1) is 15.7. The van der Waals surface area contributed by atoms with E-state index in [0.29, 0.717) is 26.0 Å².